The van der Waals surface area contributed by atoms with Gasteiger partial charge in [0.2, 0.25) is 0 Å². The molecule has 0 saturated carbocycles. The van der Waals surface area contributed by atoms with Crippen molar-refractivity contribution >= 4 is 0 Å². The summed E-state index contributed by atoms with van der Waals surface area (Å²) >= 11 is 0. The summed E-state index contributed by atoms with van der Waals surface area (Å²) in [4.78, 5) is 0. The number of rotatable bonds is 0. The fourth-order valence-corrected chi connectivity index (χ4v) is 1.46. The van der Waals surface area contributed by atoms with Gasteiger partial charge in [-0.05, 0) is 13.8 Å². The van der Waals surface area contributed by atoms with Gasteiger partial charge in [0.05, 0.1) is 12.2 Å². The molecule has 2 nitrogen and oxygen atoms in total. The van der Waals surface area contributed by atoms with Crippen LogP contribution in [0.1, 0.15) is 26.7 Å². The lowest BCUT2D eigenvalue weighted by molar-refractivity contribution is -0.120. The lowest BCUT2D eigenvalue weighted by atomic mass is 9.85. The van der Waals surface area contributed by atoms with Gasteiger partial charge in [0.15, 0.2) is 0 Å². The van der Waals surface area contributed by atoms with Crippen LogP contribution >= 0.6 is 0 Å². The molecule has 0 aromatic rings. The average molecular weight is 154 g/mol. The van der Waals surface area contributed by atoms with Gasteiger partial charge in [-0.25, -0.2) is 0 Å². The second-order valence-electron chi connectivity index (χ2n) is 3.71. The van der Waals surface area contributed by atoms with Crippen LogP contribution in [-0.2, 0) is 4.74 Å². The van der Waals surface area contributed by atoms with E-state index in [0.717, 1.165) is 0 Å². The van der Waals surface area contributed by atoms with Crippen LogP contribution in [0.3, 0.4) is 0 Å². The molecule has 1 rings (SSSR count). The zero-order valence-corrected chi connectivity index (χ0v) is 7.05. The van der Waals surface area contributed by atoms with Crippen molar-refractivity contribution in [3.8, 4) is 12.3 Å². The second-order valence-corrected chi connectivity index (χ2v) is 3.71. The molecule has 0 spiro atoms. The van der Waals surface area contributed by atoms with Crippen molar-refractivity contribution in [1.29, 1.82) is 0 Å². The van der Waals surface area contributed by atoms with E-state index in [1.807, 2.05) is 13.8 Å². The van der Waals surface area contributed by atoms with Gasteiger partial charge in [0.1, 0.15) is 5.60 Å². The summed E-state index contributed by atoms with van der Waals surface area (Å²) in [5, 5.41) is 9.70. The van der Waals surface area contributed by atoms with Crippen LogP contribution in [0.5, 0.6) is 0 Å². The first kappa shape index (κ1) is 8.58. The molecule has 1 saturated heterocycles. The van der Waals surface area contributed by atoms with Crippen LogP contribution in [0.25, 0.3) is 0 Å². The number of ether oxygens (including phenoxy) is 1. The molecule has 1 aliphatic heterocycles. The minimum absolute atomic E-state index is 0.278. The third-order valence-electron chi connectivity index (χ3n) is 2.00. The van der Waals surface area contributed by atoms with Crippen molar-refractivity contribution in [2.24, 2.45) is 0 Å². The van der Waals surface area contributed by atoms with E-state index in [0.29, 0.717) is 19.4 Å². The monoisotopic (exact) mass is 154 g/mol. The Labute approximate surface area is 67.6 Å². The van der Waals surface area contributed by atoms with Gasteiger partial charge in [-0.1, -0.05) is 5.92 Å². The molecule has 62 valence electrons. The maximum absolute atomic E-state index is 9.70. The largest absolute Gasteiger partial charge is 0.377 e. The molecule has 0 aromatic heterocycles. The van der Waals surface area contributed by atoms with Crippen LogP contribution in [0.4, 0.5) is 0 Å². The third-order valence-corrected chi connectivity index (χ3v) is 2.00. The first-order valence-corrected chi connectivity index (χ1v) is 3.82. The van der Waals surface area contributed by atoms with Crippen molar-refractivity contribution in [2.45, 2.75) is 37.9 Å². The molecule has 1 N–H and O–H groups in total. The first-order chi connectivity index (χ1) is 4.97. The highest BCUT2D eigenvalue weighted by Gasteiger charge is 2.37. The van der Waals surface area contributed by atoms with Crippen molar-refractivity contribution in [3.63, 3.8) is 0 Å². The Kier molecular flexibility index (Phi) is 1.96. The second kappa shape index (κ2) is 2.51. The molecule has 0 aromatic carbocycles. The fraction of sp³-hybridized carbons (Fsp3) is 0.778. The normalized spacial score (nSPS) is 36.2. The Morgan fingerprint density at radius 3 is 2.55 bits per heavy atom. The Hall–Kier alpha value is -0.520. The lowest BCUT2D eigenvalue weighted by Crippen LogP contribution is -2.44. The average Bonchev–Trinajstić information content (AvgIpc) is 1.85. The van der Waals surface area contributed by atoms with Gasteiger partial charge < -0.3 is 9.84 Å². The highest BCUT2D eigenvalue weighted by atomic mass is 16.5. The van der Waals surface area contributed by atoms with Crippen LogP contribution in [0.15, 0.2) is 0 Å². The summed E-state index contributed by atoms with van der Waals surface area (Å²) in [6, 6.07) is 0. The van der Waals surface area contributed by atoms with Gasteiger partial charge in [0, 0.05) is 12.8 Å². The summed E-state index contributed by atoms with van der Waals surface area (Å²) in [5.74, 6) is 2.41. The SMILES string of the molecule is C#CC1(O)CCOC(C)(C)C1. The molecule has 1 heterocycles. The Morgan fingerprint density at radius 1 is 1.55 bits per heavy atom. The molecule has 2 heteroatoms. The van der Waals surface area contributed by atoms with Crippen LogP contribution in [0.2, 0.25) is 0 Å². The van der Waals surface area contributed by atoms with Crippen molar-refractivity contribution < 1.29 is 9.84 Å². The maximum Gasteiger partial charge on any atom is 0.130 e. The maximum atomic E-state index is 9.70. The van der Waals surface area contributed by atoms with E-state index in [-0.39, 0.29) is 5.60 Å². The molecule has 0 aliphatic carbocycles. The molecular weight excluding hydrogens is 140 g/mol. The summed E-state index contributed by atoms with van der Waals surface area (Å²) in [6.07, 6.45) is 6.28. The van der Waals surface area contributed by atoms with Crippen molar-refractivity contribution in [3.05, 3.63) is 0 Å². The van der Waals surface area contributed by atoms with E-state index >= 15 is 0 Å². The predicted molar refractivity (Wildman–Crippen MR) is 43.0 cm³/mol. The fourth-order valence-electron chi connectivity index (χ4n) is 1.46. The van der Waals surface area contributed by atoms with Crippen LogP contribution < -0.4 is 0 Å². The minimum atomic E-state index is -0.943. The zero-order valence-electron chi connectivity index (χ0n) is 7.05. The molecule has 0 radical (unpaired) electrons. The smallest absolute Gasteiger partial charge is 0.130 e. The minimum Gasteiger partial charge on any atom is -0.377 e. The Morgan fingerprint density at radius 2 is 2.18 bits per heavy atom. The molecule has 1 aliphatic rings. The predicted octanol–water partition coefficient (Wildman–Crippen LogP) is 0.940. The number of hydrogen-bond acceptors (Lipinski definition) is 2. The van der Waals surface area contributed by atoms with E-state index in [1.54, 1.807) is 0 Å². The van der Waals surface area contributed by atoms with E-state index in [9.17, 15) is 5.11 Å². The van der Waals surface area contributed by atoms with Crippen LogP contribution in [0, 0.1) is 12.3 Å². The molecule has 1 fully saturated rings. The summed E-state index contributed by atoms with van der Waals surface area (Å²) in [6.45, 7) is 4.43. The lowest BCUT2D eigenvalue weighted by Gasteiger charge is -2.38. The highest BCUT2D eigenvalue weighted by molar-refractivity contribution is 5.10. The molecular formula is C9H14O2. The number of hydrogen-bond donors (Lipinski definition) is 1. The Bertz CT molecular complexity index is 190. The van der Waals surface area contributed by atoms with Crippen molar-refractivity contribution in [2.75, 3.05) is 6.61 Å². The number of aliphatic hydroxyl groups is 1. The standard InChI is InChI=1S/C9H14O2/c1-4-9(10)5-6-11-8(2,3)7-9/h1,10H,5-7H2,2-3H3. The first-order valence-electron chi connectivity index (χ1n) is 3.82. The topological polar surface area (TPSA) is 29.5 Å². The molecule has 0 bridgehead atoms. The molecule has 11 heavy (non-hydrogen) atoms. The van der Waals surface area contributed by atoms with E-state index in [4.69, 9.17) is 11.2 Å². The molecule has 1 atom stereocenters. The Balaban J connectivity index is 2.69. The summed E-state index contributed by atoms with van der Waals surface area (Å²) < 4.78 is 5.41. The van der Waals surface area contributed by atoms with E-state index in [1.165, 1.54) is 0 Å². The van der Waals surface area contributed by atoms with E-state index < -0.39 is 5.60 Å². The van der Waals surface area contributed by atoms with Gasteiger partial charge in [-0.3, -0.25) is 0 Å². The summed E-state index contributed by atoms with van der Waals surface area (Å²) in [5.41, 5.74) is -1.22. The van der Waals surface area contributed by atoms with Gasteiger partial charge in [-0.2, -0.15) is 0 Å². The quantitative estimate of drug-likeness (QED) is 0.526. The van der Waals surface area contributed by atoms with Gasteiger partial charge >= 0.3 is 0 Å². The summed E-state index contributed by atoms with van der Waals surface area (Å²) in [7, 11) is 0. The zero-order chi connectivity index (χ0) is 8.54. The van der Waals surface area contributed by atoms with Gasteiger partial charge in [0.25, 0.3) is 0 Å². The number of terminal acetylenes is 1. The van der Waals surface area contributed by atoms with Crippen LogP contribution in [-0.4, -0.2) is 22.9 Å². The molecule has 0 amide bonds. The van der Waals surface area contributed by atoms with Crippen molar-refractivity contribution in [1.82, 2.24) is 0 Å². The van der Waals surface area contributed by atoms with Gasteiger partial charge in [-0.15, -0.1) is 6.42 Å². The highest BCUT2D eigenvalue weighted by Crippen LogP contribution is 2.30. The van der Waals surface area contributed by atoms with E-state index in [2.05, 4.69) is 5.92 Å². The third kappa shape index (κ3) is 1.95. The molecule has 1 unspecified atom stereocenters.